The van der Waals surface area contributed by atoms with E-state index in [-0.39, 0.29) is 38.2 Å². The van der Waals surface area contributed by atoms with Gasteiger partial charge in [-0.15, -0.1) is 0 Å². The van der Waals surface area contributed by atoms with E-state index < -0.39 is 18.0 Å². The molecule has 0 rings (SSSR count). The van der Waals surface area contributed by atoms with Gasteiger partial charge in [-0.1, -0.05) is 0 Å². The molecule has 0 fully saturated rings. The molecule has 0 aliphatic heterocycles. The summed E-state index contributed by atoms with van der Waals surface area (Å²) in [6.45, 7) is 1.83. The normalized spacial score (nSPS) is 10.4. The van der Waals surface area contributed by atoms with Crippen LogP contribution in [0, 0.1) is 11.3 Å². The summed E-state index contributed by atoms with van der Waals surface area (Å²) >= 11 is 0. The molecule has 0 aliphatic rings. The van der Waals surface area contributed by atoms with Crippen molar-refractivity contribution in [3.8, 4) is 6.07 Å². The Morgan fingerprint density at radius 3 is 2.62 bits per heavy atom. The van der Waals surface area contributed by atoms with E-state index in [0.717, 1.165) is 11.1 Å². The van der Waals surface area contributed by atoms with E-state index in [2.05, 4.69) is 5.32 Å². The van der Waals surface area contributed by atoms with Gasteiger partial charge in [0.25, 0.3) is 5.91 Å². The molecule has 9 heteroatoms. The molecule has 0 aromatic carbocycles. The van der Waals surface area contributed by atoms with Crippen LogP contribution in [-0.4, -0.2) is 54.2 Å². The summed E-state index contributed by atoms with van der Waals surface area (Å²) in [5, 5.41) is 19.6. The molecule has 9 nitrogen and oxygen atoms in total. The highest BCUT2D eigenvalue weighted by Crippen LogP contribution is 2.01. The first kappa shape index (κ1) is 18.4. The second-order valence-electron chi connectivity index (χ2n) is 3.74. The monoisotopic (exact) mass is 298 g/mol. The molecule has 21 heavy (non-hydrogen) atoms. The number of nitrogens with one attached hydrogen (secondary N) is 1. The Morgan fingerprint density at radius 2 is 2.14 bits per heavy atom. The van der Waals surface area contributed by atoms with Gasteiger partial charge in [-0.25, -0.2) is 4.79 Å². The van der Waals surface area contributed by atoms with Crippen LogP contribution >= 0.6 is 0 Å². The van der Waals surface area contributed by atoms with E-state index in [9.17, 15) is 14.4 Å². The van der Waals surface area contributed by atoms with Crippen molar-refractivity contribution in [3.05, 3.63) is 11.8 Å². The molecule has 0 aromatic heterocycles. The van der Waals surface area contributed by atoms with Crippen molar-refractivity contribution in [2.45, 2.75) is 13.3 Å². The average Bonchev–Trinajstić information content (AvgIpc) is 2.43. The van der Waals surface area contributed by atoms with Crippen molar-refractivity contribution >= 4 is 18.0 Å². The maximum Gasteiger partial charge on any atom is 0.413 e. The van der Waals surface area contributed by atoms with E-state index in [1.807, 2.05) is 0 Å². The molecule has 0 bridgehead atoms. The van der Waals surface area contributed by atoms with Crippen molar-refractivity contribution in [1.29, 1.82) is 5.26 Å². The maximum absolute atomic E-state index is 11.7. The van der Waals surface area contributed by atoms with Gasteiger partial charge in [0.15, 0.2) is 0 Å². The number of amides is 2. The van der Waals surface area contributed by atoms with Crippen molar-refractivity contribution < 1.29 is 24.2 Å². The van der Waals surface area contributed by atoms with E-state index in [1.54, 1.807) is 13.0 Å². The fourth-order valence-electron chi connectivity index (χ4n) is 1.23. The molecule has 0 spiro atoms. The first-order valence-corrected chi connectivity index (χ1v) is 6.21. The smallest absolute Gasteiger partial charge is 0.413 e. The fourth-order valence-corrected chi connectivity index (χ4v) is 1.23. The van der Waals surface area contributed by atoms with Crippen LogP contribution in [0.4, 0.5) is 4.79 Å². The lowest BCUT2D eigenvalue weighted by atomic mass is 10.3. The number of hydrogen-bond acceptors (Lipinski definition) is 6. The second-order valence-corrected chi connectivity index (χ2v) is 3.74. The largest absolute Gasteiger partial charge is 0.481 e. The topological polar surface area (TPSA) is 146 Å². The molecule has 0 heterocycles. The lowest BCUT2D eigenvalue weighted by Gasteiger charge is -2.17. The Kier molecular flexibility index (Phi) is 8.95. The third-order valence-corrected chi connectivity index (χ3v) is 2.15. The summed E-state index contributed by atoms with van der Waals surface area (Å²) in [7, 11) is 0. The van der Waals surface area contributed by atoms with Crippen LogP contribution in [-0.2, 0) is 14.3 Å². The van der Waals surface area contributed by atoms with Crippen LogP contribution < -0.4 is 11.1 Å². The molecule has 0 aliphatic carbocycles. The highest BCUT2D eigenvalue weighted by atomic mass is 16.6. The quantitative estimate of drug-likeness (QED) is 0.400. The maximum atomic E-state index is 11.7. The molecule has 0 saturated heterocycles. The van der Waals surface area contributed by atoms with Crippen LogP contribution in [0.2, 0.25) is 0 Å². The summed E-state index contributed by atoms with van der Waals surface area (Å²) < 4.78 is 4.76. The van der Waals surface area contributed by atoms with Gasteiger partial charge in [-0.05, 0) is 6.92 Å². The van der Waals surface area contributed by atoms with Crippen molar-refractivity contribution in [2.75, 3.05) is 26.2 Å². The van der Waals surface area contributed by atoms with Gasteiger partial charge in [0, 0.05) is 25.8 Å². The Balaban J connectivity index is 4.85. The number of aliphatic carboxylic acids is 1. The number of rotatable bonds is 8. The second kappa shape index (κ2) is 10.2. The molecular formula is C12H18N4O5. The number of nitriles is 1. The van der Waals surface area contributed by atoms with E-state index in [4.69, 9.17) is 20.8 Å². The number of nitrogens with zero attached hydrogens (tertiary/aromatic N) is 2. The van der Waals surface area contributed by atoms with Gasteiger partial charge in [0.05, 0.1) is 13.0 Å². The molecule has 2 amide bonds. The molecule has 4 N–H and O–H groups in total. The predicted molar refractivity (Wildman–Crippen MR) is 71.7 cm³/mol. The summed E-state index contributed by atoms with van der Waals surface area (Å²) in [5.74, 6) is -1.85. The van der Waals surface area contributed by atoms with Crippen LogP contribution in [0.15, 0.2) is 11.8 Å². The van der Waals surface area contributed by atoms with Gasteiger partial charge in [-0.3, -0.25) is 14.5 Å². The molecular weight excluding hydrogens is 280 g/mol. The third kappa shape index (κ3) is 7.54. The fraction of sp³-hybridized carbons (Fsp3) is 0.500. The number of ether oxygens (including phenoxy) is 1. The zero-order valence-electron chi connectivity index (χ0n) is 11.7. The molecule has 0 saturated carbocycles. The molecule has 0 unspecified atom stereocenters. The number of nitrogens with two attached hydrogens (primary N) is 1. The van der Waals surface area contributed by atoms with Crippen molar-refractivity contribution in [3.63, 3.8) is 0 Å². The first-order chi connectivity index (χ1) is 9.96. The number of carboxylic acids is 1. The van der Waals surface area contributed by atoms with Crippen LogP contribution in [0.3, 0.4) is 0 Å². The van der Waals surface area contributed by atoms with Crippen LogP contribution in [0.1, 0.15) is 13.3 Å². The minimum atomic E-state index is -1.07. The van der Waals surface area contributed by atoms with E-state index in [0.29, 0.717) is 0 Å². The summed E-state index contributed by atoms with van der Waals surface area (Å²) in [6.07, 6.45) is 0.0320. The van der Waals surface area contributed by atoms with Gasteiger partial charge >= 0.3 is 12.1 Å². The Morgan fingerprint density at radius 1 is 1.48 bits per heavy atom. The number of carbonyl (C=O) groups is 3. The van der Waals surface area contributed by atoms with E-state index in [1.165, 1.54) is 0 Å². The number of hydrogen-bond donors (Lipinski definition) is 3. The highest BCUT2D eigenvalue weighted by molar-refractivity contribution is 5.97. The molecule has 116 valence electrons. The standard InChI is InChI=1S/C12H18N4O5/c1-2-21-12(20)16(6-4-13)8-9(7-14)11(19)15-5-3-10(17)18/h8H,2-6,13H2,1H3,(H,15,19)(H,17,18)/b9-8-. The Bertz CT molecular complexity index is 455. The SMILES string of the molecule is CCOC(=O)N(/C=C(/C#N)C(=O)NCCC(=O)O)CCN. The predicted octanol–water partition coefficient (Wildman–Crippen LogP) is -0.598. The highest BCUT2D eigenvalue weighted by Gasteiger charge is 2.16. The Hall–Kier alpha value is -2.60. The summed E-state index contributed by atoms with van der Waals surface area (Å²) in [4.78, 5) is 34.6. The van der Waals surface area contributed by atoms with Gasteiger partial charge in [0.2, 0.25) is 0 Å². The average molecular weight is 298 g/mol. The van der Waals surface area contributed by atoms with E-state index >= 15 is 0 Å². The molecule has 0 radical (unpaired) electrons. The third-order valence-electron chi connectivity index (χ3n) is 2.15. The van der Waals surface area contributed by atoms with Crippen LogP contribution in [0.5, 0.6) is 0 Å². The lowest BCUT2D eigenvalue weighted by Crippen LogP contribution is -2.34. The minimum Gasteiger partial charge on any atom is -0.481 e. The van der Waals surface area contributed by atoms with Gasteiger partial charge in [0.1, 0.15) is 11.6 Å². The van der Waals surface area contributed by atoms with Crippen LogP contribution in [0.25, 0.3) is 0 Å². The molecule has 0 aromatic rings. The number of carbonyl (C=O) groups excluding carboxylic acids is 2. The first-order valence-electron chi connectivity index (χ1n) is 6.21. The van der Waals surface area contributed by atoms with Gasteiger partial charge in [-0.2, -0.15) is 5.26 Å². The lowest BCUT2D eigenvalue weighted by molar-refractivity contribution is -0.136. The van der Waals surface area contributed by atoms with Crippen molar-refractivity contribution in [2.24, 2.45) is 5.73 Å². The minimum absolute atomic E-state index is 0.0758. The summed E-state index contributed by atoms with van der Waals surface area (Å²) in [6, 6.07) is 1.64. The Labute approximate surface area is 121 Å². The van der Waals surface area contributed by atoms with Crippen molar-refractivity contribution in [1.82, 2.24) is 10.2 Å². The summed E-state index contributed by atoms with van der Waals surface area (Å²) in [5.41, 5.74) is 5.00. The zero-order chi connectivity index (χ0) is 16.3. The number of carboxylic acid groups (broad SMARTS) is 1. The zero-order valence-corrected chi connectivity index (χ0v) is 11.7. The van der Waals surface area contributed by atoms with Gasteiger partial charge < -0.3 is 20.9 Å². The molecule has 0 atom stereocenters.